The van der Waals surface area contributed by atoms with Crippen molar-refractivity contribution in [2.24, 2.45) is 0 Å². The third kappa shape index (κ3) is 4.86. The highest BCUT2D eigenvalue weighted by atomic mass is 35.5. The average Bonchev–Trinajstić information content (AvgIpc) is 3.56. The van der Waals surface area contributed by atoms with Gasteiger partial charge in [-0.1, -0.05) is 41.9 Å². The lowest BCUT2D eigenvalue weighted by Crippen LogP contribution is -2.51. The Morgan fingerprint density at radius 3 is 2.18 bits per heavy atom. The highest BCUT2D eigenvalue weighted by Crippen LogP contribution is 2.24. The van der Waals surface area contributed by atoms with Gasteiger partial charge in [-0.15, -0.1) is 0 Å². The predicted molar refractivity (Wildman–Crippen MR) is 132 cm³/mol. The molecule has 176 valence electrons. The molecule has 0 aliphatic carbocycles. The second-order valence-electron chi connectivity index (χ2n) is 8.83. The molecule has 0 saturated carbocycles. The largest absolute Gasteiger partial charge is 0.342 e. The number of aromatic nitrogens is 2. The van der Waals surface area contributed by atoms with Gasteiger partial charge in [0, 0.05) is 49.9 Å². The zero-order valence-corrected chi connectivity index (χ0v) is 19.8. The van der Waals surface area contributed by atoms with Crippen molar-refractivity contribution in [1.82, 2.24) is 24.5 Å². The number of hydrogen-bond donors (Lipinski definition) is 0. The van der Waals surface area contributed by atoms with Gasteiger partial charge < -0.3 is 9.80 Å². The quantitative estimate of drug-likeness (QED) is 0.563. The fraction of sp³-hybridized carbons (Fsp3) is 0.346. The summed E-state index contributed by atoms with van der Waals surface area (Å²) in [5, 5.41) is 5.42. The minimum atomic E-state index is -0.0536. The lowest BCUT2D eigenvalue weighted by molar-refractivity contribution is -0.131. The van der Waals surface area contributed by atoms with Crippen LogP contribution in [0.4, 0.5) is 0 Å². The van der Waals surface area contributed by atoms with Crippen LogP contribution in [-0.4, -0.2) is 82.1 Å². The van der Waals surface area contributed by atoms with E-state index in [0.717, 1.165) is 42.9 Å². The van der Waals surface area contributed by atoms with Crippen molar-refractivity contribution >= 4 is 23.4 Å². The summed E-state index contributed by atoms with van der Waals surface area (Å²) >= 11 is 6.05. The summed E-state index contributed by atoms with van der Waals surface area (Å²) in [6.07, 6.45) is 2.20. The summed E-state index contributed by atoms with van der Waals surface area (Å²) in [4.78, 5) is 32.0. The van der Waals surface area contributed by atoms with Crippen LogP contribution in [-0.2, 0) is 4.79 Å². The number of piperazine rings is 1. The molecule has 2 fully saturated rings. The molecule has 8 heteroatoms. The maximum absolute atomic E-state index is 13.6. The molecule has 5 rings (SSSR count). The van der Waals surface area contributed by atoms with E-state index in [9.17, 15) is 9.59 Å². The van der Waals surface area contributed by atoms with Gasteiger partial charge in [0.15, 0.2) is 0 Å². The standard InChI is InChI=1S/C26H28ClN5O2/c27-21-10-8-20(9-11-21)23-18-24(32(28-23)22-6-2-1-3-7-22)26(34)31-16-14-29(15-17-31)19-25(33)30-12-4-5-13-30/h1-3,6-11,18H,4-5,12-17,19H2. The van der Waals surface area contributed by atoms with Crippen molar-refractivity contribution in [3.63, 3.8) is 0 Å². The Morgan fingerprint density at radius 2 is 1.50 bits per heavy atom. The Labute approximate surface area is 204 Å². The first kappa shape index (κ1) is 22.6. The van der Waals surface area contributed by atoms with Crippen LogP contribution >= 0.6 is 11.6 Å². The molecule has 2 amide bonds. The third-order valence-electron chi connectivity index (χ3n) is 6.55. The van der Waals surface area contributed by atoms with Crippen molar-refractivity contribution in [2.75, 3.05) is 45.8 Å². The number of nitrogens with zero attached hydrogens (tertiary/aromatic N) is 5. The number of hydrogen-bond acceptors (Lipinski definition) is 4. The van der Waals surface area contributed by atoms with Crippen LogP contribution in [0.25, 0.3) is 16.9 Å². The van der Waals surface area contributed by atoms with E-state index in [1.807, 2.05) is 70.5 Å². The van der Waals surface area contributed by atoms with Gasteiger partial charge in [0.1, 0.15) is 5.69 Å². The molecule has 2 saturated heterocycles. The average molecular weight is 478 g/mol. The molecule has 7 nitrogen and oxygen atoms in total. The molecule has 0 unspecified atom stereocenters. The maximum atomic E-state index is 13.6. The van der Waals surface area contributed by atoms with Crippen molar-refractivity contribution in [1.29, 1.82) is 0 Å². The van der Waals surface area contributed by atoms with Gasteiger partial charge in [-0.05, 0) is 43.2 Å². The predicted octanol–water partition coefficient (Wildman–Crippen LogP) is 3.57. The molecule has 2 aromatic carbocycles. The molecule has 0 bridgehead atoms. The summed E-state index contributed by atoms with van der Waals surface area (Å²) in [5.74, 6) is 0.147. The normalized spacial score (nSPS) is 16.7. The minimum Gasteiger partial charge on any atom is -0.342 e. The van der Waals surface area contributed by atoms with Crippen LogP contribution in [0.3, 0.4) is 0 Å². The van der Waals surface area contributed by atoms with Crippen LogP contribution in [0.15, 0.2) is 60.7 Å². The van der Waals surface area contributed by atoms with E-state index in [1.165, 1.54) is 0 Å². The number of amides is 2. The lowest BCUT2D eigenvalue weighted by Gasteiger charge is -2.35. The Balaban J connectivity index is 1.33. The Kier molecular flexibility index (Phi) is 6.65. The second-order valence-corrected chi connectivity index (χ2v) is 9.26. The smallest absolute Gasteiger partial charge is 0.272 e. The number of carbonyl (C=O) groups excluding carboxylic acids is 2. The third-order valence-corrected chi connectivity index (χ3v) is 6.80. The lowest BCUT2D eigenvalue weighted by atomic mass is 10.1. The highest BCUT2D eigenvalue weighted by Gasteiger charge is 2.28. The van der Waals surface area contributed by atoms with Crippen LogP contribution in [0.2, 0.25) is 5.02 Å². The van der Waals surface area contributed by atoms with E-state index in [0.29, 0.717) is 43.4 Å². The number of halogens is 1. The number of rotatable bonds is 5. The Hall–Kier alpha value is -3.16. The Bertz CT molecular complexity index is 1150. The first-order chi connectivity index (χ1) is 16.6. The number of carbonyl (C=O) groups is 2. The summed E-state index contributed by atoms with van der Waals surface area (Å²) in [6.45, 7) is 4.73. The van der Waals surface area contributed by atoms with E-state index < -0.39 is 0 Å². The second kappa shape index (κ2) is 9.99. The minimum absolute atomic E-state index is 0.0536. The van der Waals surface area contributed by atoms with E-state index in [2.05, 4.69) is 4.90 Å². The number of likely N-dealkylation sites (tertiary alicyclic amines) is 1. The van der Waals surface area contributed by atoms with Gasteiger partial charge in [-0.3, -0.25) is 14.5 Å². The monoisotopic (exact) mass is 477 g/mol. The molecule has 2 aliphatic rings. The van der Waals surface area contributed by atoms with Crippen LogP contribution in [0.1, 0.15) is 23.3 Å². The van der Waals surface area contributed by atoms with Crippen LogP contribution in [0.5, 0.6) is 0 Å². The van der Waals surface area contributed by atoms with Gasteiger partial charge in [-0.2, -0.15) is 5.10 Å². The van der Waals surface area contributed by atoms with Gasteiger partial charge in [0.05, 0.1) is 17.9 Å². The molecule has 0 N–H and O–H groups in total. The summed E-state index contributed by atoms with van der Waals surface area (Å²) in [7, 11) is 0. The van der Waals surface area contributed by atoms with E-state index >= 15 is 0 Å². The zero-order valence-electron chi connectivity index (χ0n) is 19.1. The molecular weight excluding hydrogens is 450 g/mol. The van der Waals surface area contributed by atoms with Gasteiger partial charge >= 0.3 is 0 Å². The summed E-state index contributed by atoms with van der Waals surface area (Å²) in [6, 6.07) is 19.0. The molecular formula is C26H28ClN5O2. The molecule has 3 heterocycles. The molecule has 3 aromatic rings. The molecule has 0 radical (unpaired) electrons. The zero-order chi connectivity index (χ0) is 23.5. The van der Waals surface area contributed by atoms with Crippen molar-refractivity contribution in [2.45, 2.75) is 12.8 Å². The maximum Gasteiger partial charge on any atom is 0.272 e. The fourth-order valence-electron chi connectivity index (χ4n) is 4.59. The van der Waals surface area contributed by atoms with Crippen molar-refractivity contribution < 1.29 is 9.59 Å². The van der Waals surface area contributed by atoms with Crippen LogP contribution in [0, 0.1) is 0 Å². The Morgan fingerprint density at radius 1 is 0.824 bits per heavy atom. The van der Waals surface area contributed by atoms with Gasteiger partial charge in [0.2, 0.25) is 5.91 Å². The molecule has 0 spiro atoms. The van der Waals surface area contributed by atoms with Gasteiger partial charge in [0.25, 0.3) is 5.91 Å². The molecule has 34 heavy (non-hydrogen) atoms. The van der Waals surface area contributed by atoms with E-state index in [4.69, 9.17) is 16.7 Å². The molecule has 1 aromatic heterocycles. The summed E-state index contributed by atoms with van der Waals surface area (Å²) < 4.78 is 1.72. The fourth-order valence-corrected chi connectivity index (χ4v) is 4.72. The number of benzene rings is 2. The molecule has 2 aliphatic heterocycles. The van der Waals surface area contributed by atoms with Crippen molar-refractivity contribution in [3.8, 4) is 16.9 Å². The SMILES string of the molecule is O=C(CN1CCN(C(=O)c2cc(-c3ccc(Cl)cc3)nn2-c2ccccc2)CC1)N1CCCC1. The topological polar surface area (TPSA) is 61.7 Å². The first-order valence-corrected chi connectivity index (χ1v) is 12.2. The van der Waals surface area contributed by atoms with E-state index in [-0.39, 0.29) is 11.8 Å². The van der Waals surface area contributed by atoms with Crippen molar-refractivity contribution in [3.05, 3.63) is 71.4 Å². The van der Waals surface area contributed by atoms with Gasteiger partial charge in [-0.25, -0.2) is 4.68 Å². The summed E-state index contributed by atoms with van der Waals surface area (Å²) in [5.41, 5.74) is 2.98. The van der Waals surface area contributed by atoms with E-state index in [1.54, 1.807) is 4.68 Å². The van der Waals surface area contributed by atoms with Crippen LogP contribution < -0.4 is 0 Å². The first-order valence-electron chi connectivity index (χ1n) is 11.8. The highest BCUT2D eigenvalue weighted by molar-refractivity contribution is 6.30. The number of para-hydroxylation sites is 1. The molecule has 0 atom stereocenters.